The number of alkyl halides is 3. The van der Waals surface area contributed by atoms with Gasteiger partial charge in [0.15, 0.2) is 5.11 Å². The van der Waals surface area contributed by atoms with E-state index in [9.17, 15) is 4.79 Å². The van der Waals surface area contributed by atoms with Crippen molar-refractivity contribution in [2.45, 2.75) is 16.9 Å². The van der Waals surface area contributed by atoms with Crippen molar-refractivity contribution in [3.05, 3.63) is 60.9 Å². The molecule has 0 aliphatic rings. The number of rotatable bonds is 4. The van der Waals surface area contributed by atoms with Crippen LogP contribution < -0.4 is 16.0 Å². The first-order valence-corrected chi connectivity index (χ1v) is 11.6. The van der Waals surface area contributed by atoms with Crippen LogP contribution in [-0.2, 0) is 0 Å². The Hall–Kier alpha value is -0.0900. The van der Waals surface area contributed by atoms with Gasteiger partial charge in [0.1, 0.15) is 6.17 Å². The number of anilines is 1. The molecule has 0 saturated heterocycles. The number of halogens is 6. The third kappa shape index (κ3) is 7.00. The van der Waals surface area contributed by atoms with E-state index in [0.717, 1.165) is 24.7 Å². The monoisotopic (exact) mass is 649 g/mol. The fraction of sp³-hybridized carbons (Fsp3) is 0.176. The highest BCUT2D eigenvalue weighted by Crippen LogP contribution is 2.31. The van der Waals surface area contributed by atoms with Crippen molar-refractivity contribution in [2.24, 2.45) is 0 Å². The Labute approximate surface area is 208 Å². The first-order valence-electron chi connectivity index (χ1n) is 7.63. The number of carbonyl (C=O) groups is 1. The van der Waals surface area contributed by atoms with Gasteiger partial charge < -0.3 is 16.0 Å². The molecule has 0 aromatic heterocycles. The molecular formula is C17H13Br3Cl3N3OS. The molecule has 3 N–H and O–H groups in total. The lowest BCUT2D eigenvalue weighted by Gasteiger charge is -2.28. The van der Waals surface area contributed by atoms with Gasteiger partial charge in [0, 0.05) is 19.0 Å². The first-order chi connectivity index (χ1) is 13.0. The fourth-order valence-electron chi connectivity index (χ4n) is 2.16. The molecule has 0 saturated carbocycles. The van der Waals surface area contributed by atoms with Gasteiger partial charge in [0.2, 0.25) is 3.79 Å². The van der Waals surface area contributed by atoms with E-state index in [1.165, 1.54) is 0 Å². The maximum atomic E-state index is 12.5. The van der Waals surface area contributed by atoms with E-state index in [1.54, 1.807) is 24.3 Å². The Morgan fingerprint density at radius 3 is 2.18 bits per heavy atom. The summed E-state index contributed by atoms with van der Waals surface area (Å²) < 4.78 is 0.721. The lowest BCUT2D eigenvalue weighted by atomic mass is 10.2. The highest BCUT2D eigenvalue weighted by atomic mass is 79.9. The predicted octanol–water partition coefficient (Wildman–Crippen LogP) is 6.70. The van der Waals surface area contributed by atoms with Crippen LogP contribution in [0.4, 0.5) is 5.69 Å². The molecule has 1 unspecified atom stereocenters. The van der Waals surface area contributed by atoms with Crippen molar-refractivity contribution in [3.63, 3.8) is 0 Å². The molecular weight excluding hydrogens is 640 g/mol. The summed E-state index contributed by atoms with van der Waals surface area (Å²) in [6.45, 7) is 1.92. The Balaban J connectivity index is 2.13. The zero-order chi connectivity index (χ0) is 21.1. The standard InChI is InChI=1S/C17H13Br3Cl3N3OS/c1-8-6-11(19)7-12(20)13(8)24-16(28)26-15(17(21,22)23)25-14(27)9-2-4-10(18)5-3-9/h2-7,15H,1H3,(H,25,27)(H2,24,26,28). The van der Waals surface area contributed by atoms with Crippen LogP contribution >= 0.6 is 94.8 Å². The van der Waals surface area contributed by atoms with Crippen LogP contribution in [0.2, 0.25) is 0 Å². The topological polar surface area (TPSA) is 53.2 Å². The summed E-state index contributed by atoms with van der Waals surface area (Å²) in [5.74, 6) is -0.417. The van der Waals surface area contributed by atoms with E-state index in [0.29, 0.717) is 5.56 Å². The predicted molar refractivity (Wildman–Crippen MR) is 132 cm³/mol. The number of carbonyl (C=O) groups excluding carboxylic acids is 1. The third-order valence-corrected chi connectivity index (χ3v) is 5.96. The quantitative estimate of drug-likeness (QED) is 0.196. The summed E-state index contributed by atoms with van der Waals surface area (Å²) >= 11 is 33.6. The minimum absolute atomic E-state index is 0.179. The lowest BCUT2D eigenvalue weighted by molar-refractivity contribution is 0.0934. The molecule has 0 bridgehead atoms. The summed E-state index contributed by atoms with van der Waals surface area (Å²) in [5, 5.41) is 8.70. The summed E-state index contributed by atoms with van der Waals surface area (Å²) in [7, 11) is 0. The zero-order valence-corrected chi connectivity index (χ0v) is 22.0. The number of hydrogen-bond acceptors (Lipinski definition) is 2. The van der Waals surface area contributed by atoms with Crippen LogP contribution in [0.5, 0.6) is 0 Å². The van der Waals surface area contributed by atoms with Gasteiger partial charge in [-0.2, -0.15) is 0 Å². The molecule has 2 rings (SSSR count). The maximum absolute atomic E-state index is 12.5. The van der Waals surface area contributed by atoms with Crippen LogP contribution in [-0.4, -0.2) is 21.0 Å². The van der Waals surface area contributed by atoms with Crippen molar-refractivity contribution < 1.29 is 4.79 Å². The smallest absolute Gasteiger partial charge is 0.252 e. The molecule has 28 heavy (non-hydrogen) atoms. The normalized spacial score (nSPS) is 12.2. The van der Waals surface area contributed by atoms with E-state index in [-0.39, 0.29) is 5.11 Å². The Kier molecular flexibility index (Phi) is 8.88. The minimum atomic E-state index is -1.84. The minimum Gasteiger partial charge on any atom is -0.339 e. The largest absolute Gasteiger partial charge is 0.339 e. The molecule has 2 aromatic carbocycles. The molecule has 0 aliphatic carbocycles. The second-order valence-corrected chi connectivity index (χ2v) is 11.1. The first kappa shape index (κ1) is 24.2. The molecule has 4 nitrogen and oxygen atoms in total. The number of nitrogens with one attached hydrogen (secondary N) is 3. The third-order valence-electron chi connectivity index (χ3n) is 3.48. The van der Waals surface area contributed by atoms with Gasteiger partial charge in [-0.15, -0.1) is 0 Å². The van der Waals surface area contributed by atoms with Gasteiger partial charge in [0.05, 0.1) is 5.69 Å². The fourth-order valence-corrected chi connectivity index (χ4v) is 4.51. The molecule has 11 heteroatoms. The molecule has 0 fully saturated rings. The molecule has 1 amide bonds. The molecule has 0 heterocycles. The average molecular weight is 653 g/mol. The Morgan fingerprint density at radius 1 is 1.04 bits per heavy atom. The lowest BCUT2D eigenvalue weighted by Crippen LogP contribution is -2.56. The molecule has 150 valence electrons. The highest BCUT2D eigenvalue weighted by molar-refractivity contribution is 9.11. The SMILES string of the molecule is Cc1cc(Br)cc(Br)c1NC(=S)NC(NC(=O)c1ccc(Br)cc1)C(Cl)(Cl)Cl. The number of thiocarbonyl (C=S) groups is 1. The number of hydrogen-bond donors (Lipinski definition) is 3. The van der Waals surface area contributed by atoms with Crippen LogP contribution in [0.1, 0.15) is 15.9 Å². The van der Waals surface area contributed by atoms with Crippen molar-refractivity contribution in [3.8, 4) is 0 Å². The van der Waals surface area contributed by atoms with Gasteiger partial charge in [-0.3, -0.25) is 4.79 Å². The van der Waals surface area contributed by atoms with Gasteiger partial charge in [-0.1, -0.05) is 66.7 Å². The molecule has 1 atom stereocenters. The Morgan fingerprint density at radius 2 is 1.64 bits per heavy atom. The average Bonchev–Trinajstić information content (AvgIpc) is 2.57. The highest BCUT2D eigenvalue weighted by Gasteiger charge is 2.35. The second-order valence-electron chi connectivity index (χ2n) is 5.63. The van der Waals surface area contributed by atoms with Gasteiger partial charge in [-0.25, -0.2) is 0 Å². The Bertz CT molecular complexity index is 868. The molecule has 2 aromatic rings. The van der Waals surface area contributed by atoms with Gasteiger partial charge in [-0.05, 0) is 77.0 Å². The van der Waals surface area contributed by atoms with E-state index >= 15 is 0 Å². The molecule has 0 aliphatic heterocycles. The maximum Gasteiger partial charge on any atom is 0.252 e. The number of aryl methyl sites for hydroxylation is 1. The summed E-state index contributed by atoms with van der Waals surface area (Å²) in [4.78, 5) is 12.5. The number of benzene rings is 2. The second kappa shape index (κ2) is 10.3. The van der Waals surface area contributed by atoms with E-state index < -0.39 is 15.9 Å². The van der Waals surface area contributed by atoms with Gasteiger partial charge >= 0.3 is 0 Å². The van der Waals surface area contributed by atoms with Crippen LogP contribution in [0, 0.1) is 6.92 Å². The van der Waals surface area contributed by atoms with Crippen molar-refractivity contribution >= 4 is 112 Å². The summed E-state index contributed by atoms with van der Waals surface area (Å²) in [6.07, 6.45) is -1.07. The van der Waals surface area contributed by atoms with Crippen molar-refractivity contribution in [1.82, 2.24) is 10.6 Å². The van der Waals surface area contributed by atoms with Crippen LogP contribution in [0.15, 0.2) is 49.8 Å². The van der Waals surface area contributed by atoms with E-state index in [4.69, 9.17) is 47.0 Å². The summed E-state index contributed by atoms with van der Waals surface area (Å²) in [5.41, 5.74) is 2.10. The zero-order valence-electron chi connectivity index (χ0n) is 14.1. The number of amides is 1. The van der Waals surface area contributed by atoms with Crippen LogP contribution in [0.3, 0.4) is 0 Å². The van der Waals surface area contributed by atoms with E-state index in [1.807, 2.05) is 19.1 Å². The summed E-state index contributed by atoms with van der Waals surface area (Å²) in [6, 6.07) is 10.6. The van der Waals surface area contributed by atoms with Gasteiger partial charge in [0.25, 0.3) is 5.91 Å². The molecule has 0 radical (unpaired) electrons. The van der Waals surface area contributed by atoms with Crippen molar-refractivity contribution in [2.75, 3.05) is 5.32 Å². The molecule has 0 spiro atoms. The van der Waals surface area contributed by atoms with Crippen molar-refractivity contribution in [1.29, 1.82) is 0 Å². The van der Waals surface area contributed by atoms with E-state index in [2.05, 4.69) is 63.7 Å². The van der Waals surface area contributed by atoms with Crippen LogP contribution in [0.25, 0.3) is 0 Å².